The lowest BCUT2D eigenvalue weighted by atomic mass is 9.72. The molecule has 1 aromatic carbocycles. The summed E-state index contributed by atoms with van der Waals surface area (Å²) in [6.07, 6.45) is 11.7. The van der Waals surface area contributed by atoms with E-state index < -0.39 is 48.8 Å². The molecule has 53 heavy (non-hydrogen) atoms. The summed E-state index contributed by atoms with van der Waals surface area (Å²) in [5.74, 6) is 1.16. The first-order valence-corrected chi connectivity index (χ1v) is 18.4. The van der Waals surface area contributed by atoms with Crippen LogP contribution in [0.25, 0.3) is 11.0 Å². The highest BCUT2D eigenvalue weighted by Gasteiger charge is 2.52. The van der Waals surface area contributed by atoms with E-state index in [1.54, 1.807) is 48.6 Å². The maximum atomic E-state index is 13.4. The molecule has 1 saturated carbocycles. The molecule has 1 fully saturated rings. The minimum atomic E-state index is -2.36. The van der Waals surface area contributed by atoms with Crippen LogP contribution >= 0.6 is 0 Å². The number of allylic oxidation sites excluding steroid dienone is 1. The number of hydrogen-bond acceptors (Lipinski definition) is 14. The van der Waals surface area contributed by atoms with E-state index >= 15 is 0 Å². The first-order valence-electron chi connectivity index (χ1n) is 18.4. The third-order valence-electron chi connectivity index (χ3n) is 11.7. The average Bonchev–Trinajstić information content (AvgIpc) is 3.95. The Morgan fingerprint density at radius 2 is 1.92 bits per heavy atom. The number of aliphatic hydroxyl groups excluding tert-OH is 4. The monoisotopic (exact) mass is 730 g/mol. The lowest BCUT2D eigenvalue weighted by molar-refractivity contribution is -0.368. The summed E-state index contributed by atoms with van der Waals surface area (Å²) in [6.45, 7) is 2.50. The minimum Gasteiger partial charge on any atom is -0.482 e. The molecule has 14 nitrogen and oxygen atoms in total. The van der Waals surface area contributed by atoms with Crippen molar-refractivity contribution in [3.8, 4) is 5.75 Å². The molecule has 5 N–H and O–H groups in total. The van der Waals surface area contributed by atoms with E-state index in [1.165, 1.54) is 6.07 Å². The molecular formula is C39H46N4O10. The Kier molecular flexibility index (Phi) is 9.42. The van der Waals surface area contributed by atoms with Crippen LogP contribution in [0.15, 0.2) is 79.9 Å². The topological polar surface area (TPSA) is 190 Å². The van der Waals surface area contributed by atoms with Gasteiger partial charge in [0.15, 0.2) is 16.8 Å². The normalized spacial score (nSPS) is 27.6. The van der Waals surface area contributed by atoms with Gasteiger partial charge in [-0.15, -0.1) is 0 Å². The Balaban J connectivity index is 1.10. The molecule has 14 heteroatoms. The van der Waals surface area contributed by atoms with Gasteiger partial charge in [0.25, 0.3) is 0 Å². The van der Waals surface area contributed by atoms with Crippen LogP contribution in [0.5, 0.6) is 5.75 Å². The van der Waals surface area contributed by atoms with Gasteiger partial charge in [-0.25, -0.2) is 9.78 Å². The Labute approximate surface area is 306 Å². The van der Waals surface area contributed by atoms with Gasteiger partial charge in [-0.3, -0.25) is 14.8 Å². The highest BCUT2D eigenvalue weighted by Crippen LogP contribution is 2.50. The number of anilines is 1. The second-order valence-corrected chi connectivity index (χ2v) is 15.1. The molecule has 7 atom stereocenters. The number of nitrogens with zero attached hydrogens (tertiary/aromatic N) is 4. The maximum Gasteiger partial charge on any atom is 0.193 e. The number of ether oxygens (including phenoxy) is 1. The number of aliphatic imine (C=N–C) groups is 2. The van der Waals surface area contributed by atoms with Crippen molar-refractivity contribution < 1.29 is 44.5 Å². The van der Waals surface area contributed by atoms with Crippen LogP contribution in [0.3, 0.4) is 0 Å². The number of benzene rings is 1. The fourth-order valence-electron chi connectivity index (χ4n) is 8.61. The predicted octanol–water partition coefficient (Wildman–Crippen LogP) is 2.34. The number of hydrogen-bond donors (Lipinski definition) is 5. The van der Waals surface area contributed by atoms with E-state index in [1.807, 2.05) is 24.1 Å². The van der Waals surface area contributed by atoms with Gasteiger partial charge >= 0.3 is 0 Å². The molecule has 1 aliphatic carbocycles. The second kappa shape index (κ2) is 13.9. The van der Waals surface area contributed by atoms with Crippen molar-refractivity contribution in [2.75, 3.05) is 31.2 Å². The molecule has 1 aromatic heterocycles. The Bertz CT molecular complexity index is 2010. The van der Waals surface area contributed by atoms with Gasteiger partial charge in [-0.2, -0.15) is 0 Å². The molecule has 282 valence electrons. The van der Waals surface area contributed by atoms with E-state index in [2.05, 4.69) is 9.98 Å². The van der Waals surface area contributed by atoms with E-state index in [9.17, 15) is 30.3 Å². The second-order valence-electron chi connectivity index (χ2n) is 15.1. The van der Waals surface area contributed by atoms with Gasteiger partial charge in [0.2, 0.25) is 0 Å². The number of aliphatic hydroxyl groups is 5. The lowest BCUT2D eigenvalue weighted by Gasteiger charge is -2.48. The number of aryl methyl sites for hydroxylation is 1. The molecular weight excluding hydrogens is 684 g/mol. The molecule has 0 saturated heterocycles. The van der Waals surface area contributed by atoms with E-state index in [0.717, 1.165) is 54.7 Å². The van der Waals surface area contributed by atoms with Crippen molar-refractivity contribution in [1.29, 1.82) is 0 Å². The van der Waals surface area contributed by atoms with Crippen molar-refractivity contribution in [3.63, 3.8) is 0 Å². The first-order chi connectivity index (χ1) is 25.5. The minimum absolute atomic E-state index is 0.0790. The van der Waals surface area contributed by atoms with Crippen LogP contribution in [-0.2, 0) is 16.2 Å². The average molecular weight is 731 g/mol. The van der Waals surface area contributed by atoms with Crippen molar-refractivity contribution >= 4 is 28.1 Å². The largest absolute Gasteiger partial charge is 0.482 e. The van der Waals surface area contributed by atoms with E-state index in [-0.39, 0.29) is 23.9 Å². The van der Waals surface area contributed by atoms with Crippen LogP contribution in [0.4, 0.5) is 5.69 Å². The van der Waals surface area contributed by atoms with Gasteiger partial charge in [-0.1, -0.05) is 19.3 Å². The standard InChI is InChI=1S/C39H46N4O10/c1-22-14-30(45)26-15-24-16-33(53-50-20-32(47)39(49,37(48)31(46)19-44)21-42-13-10-27-29(42)9-12-40-27)38(2,25-6-4-3-5-7-25)52-35(24)34(36(26)51-22)43-17-23-8-11-41-28(23)18-43/h8-15,17,25,29,31-33,37,44,46-49H,3-7,16,18-21H2,1-2H3. The molecule has 0 amide bonds. The van der Waals surface area contributed by atoms with Crippen LogP contribution in [0.2, 0.25) is 0 Å². The summed E-state index contributed by atoms with van der Waals surface area (Å²) in [4.78, 5) is 37.8. The SMILES string of the molecule is Cc1cc(=O)c2cc3c(c(N4C=C5C=CN=C5C4)c2o1)OC(C)(C1CCCCC1)C(OOCC(O)C(O)(CN1C=CC2=NC=CC21)C(O)C(O)CO)C3. The third-order valence-corrected chi connectivity index (χ3v) is 11.7. The summed E-state index contributed by atoms with van der Waals surface area (Å²) in [5.41, 5.74) is 0.975. The van der Waals surface area contributed by atoms with Crippen molar-refractivity contribution in [2.45, 2.75) is 94.0 Å². The molecule has 0 bridgehead atoms. The fourth-order valence-corrected chi connectivity index (χ4v) is 8.61. The van der Waals surface area contributed by atoms with Crippen molar-refractivity contribution in [2.24, 2.45) is 15.9 Å². The van der Waals surface area contributed by atoms with Gasteiger partial charge in [0.1, 0.15) is 53.7 Å². The Morgan fingerprint density at radius 3 is 2.70 bits per heavy atom. The molecule has 2 aromatic rings. The molecule has 0 spiro atoms. The molecule has 0 radical (unpaired) electrons. The molecule has 7 unspecified atom stereocenters. The van der Waals surface area contributed by atoms with Crippen LogP contribution < -0.4 is 15.1 Å². The smallest absolute Gasteiger partial charge is 0.193 e. The van der Waals surface area contributed by atoms with E-state index in [4.69, 9.17) is 18.9 Å². The van der Waals surface area contributed by atoms with Crippen LogP contribution in [0, 0.1) is 12.8 Å². The van der Waals surface area contributed by atoms with Crippen molar-refractivity contribution in [1.82, 2.24) is 4.90 Å². The van der Waals surface area contributed by atoms with Gasteiger partial charge in [0.05, 0.1) is 42.5 Å². The summed E-state index contributed by atoms with van der Waals surface area (Å²) >= 11 is 0. The summed E-state index contributed by atoms with van der Waals surface area (Å²) in [6, 6.07) is 2.94. The molecule has 8 rings (SSSR count). The highest BCUT2D eigenvalue weighted by molar-refractivity contribution is 6.12. The first kappa shape index (κ1) is 35.9. The maximum absolute atomic E-state index is 13.4. The van der Waals surface area contributed by atoms with Gasteiger partial charge in [-0.05, 0) is 51.0 Å². The molecule has 6 heterocycles. The number of rotatable bonds is 12. The molecule has 5 aliphatic heterocycles. The summed E-state index contributed by atoms with van der Waals surface area (Å²) in [7, 11) is 0. The van der Waals surface area contributed by atoms with Crippen LogP contribution in [-0.4, -0.2) is 110 Å². The summed E-state index contributed by atoms with van der Waals surface area (Å²) < 4.78 is 13.4. The van der Waals surface area contributed by atoms with E-state index in [0.29, 0.717) is 41.1 Å². The highest BCUT2D eigenvalue weighted by atomic mass is 17.2. The fraction of sp³-hybridized carbons (Fsp3) is 0.513. The van der Waals surface area contributed by atoms with Crippen molar-refractivity contribution in [3.05, 3.63) is 82.3 Å². The number of fused-ring (bicyclic) bond motifs is 4. The predicted molar refractivity (Wildman–Crippen MR) is 196 cm³/mol. The van der Waals surface area contributed by atoms with Gasteiger partial charge < -0.3 is 44.5 Å². The zero-order chi connectivity index (χ0) is 37.1. The number of β-amino-alcohol motifs (C(OH)–C–C–N with tert-alkyl or cyclic N) is 1. The quantitative estimate of drug-likeness (QED) is 0.159. The van der Waals surface area contributed by atoms with Crippen LogP contribution in [0.1, 0.15) is 50.4 Å². The zero-order valence-electron chi connectivity index (χ0n) is 29.8. The Hall–Kier alpha value is -4.15. The Morgan fingerprint density at radius 1 is 1.11 bits per heavy atom. The zero-order valence-corrected chi connectivity index (χ0v) is 29.8. The lowest BCUT2D eigenvalue weighted by Crippen LogP contribution is -2.64. The van der Waals surface area contributed by atoms with Gasteiger partial charge in [0, 0.05) is 54.3 Å². The summed E-state index contributed by atoms with van der Waals surface area (Å²) in [5, 5.41) is 54.7. The molecule has 6 aliphatic rings. The third kappa shape index (κ3) is 6.25.